The molecular formula is C9H8ClNO5. The number of nitro benzene ring substituents is 1. The molecule has 0 heterocycles. The van der Waals surface area contributed by atoms with Crippen LogP contribution in [0.5, 0.6) is 0 Å². The number of halogens is 1. The quantitative estimate of drug-likeness (QED) is 0.623. The van der Waals surface area contributed by atoms with Crippen LogP contribution in [-0.2, 0) is 4.79 Å². The van der Waals surface area contributed by atoms with Gasteiger partial charge in [0.25, 0.3) is 5.69 Å². The van der Waals surface area contributed by atoms with E-state index in [1.807, 2.05) is 0 Å². The summed E-state index contributed by atoms with van der Waals surface area (Å²) in [5, 5.41) is 28.4. The van der Waals surface area contributed by atoms with Gasteiger partial charge in [0.15, 0.2) is 6.10 Å². The van der Waals surface area contributed by atoms with Crippen molar-refractivity contribution in [2.75, 3.05) is 0 Å². The van der Waals surface area contributed by atoms with Gasteiger partial charge in [-0.2, -0.15) is 0 Å². The van der Waals surface area contributed by atoms with E-state index in [1.165, 1.54) is 13.0 Å². The largest absolute Gasteiger partial charge is 0.479 e. The number of nitrogens with zero attached hydrogens (tertiary/aromatic N) is 1. The molecule has 1 unspecified atom stereocenters. The maximum absolute atomic E-state index is 10.6. The Kier molecular flexibility index (Phi) is 3.46. The number of nitro groups is 1. The summed E-state index contributed by atoms with van der Waals surface area (Å²) in [5.74, 6) is -1.48. The summed E-state index contributed by atoms with van der Waals surface area (Å²) in [7, 11) is 0. The Labute approximate surface area is 95.2 Å². The number of aryl methyl sites for hydroxylation is 1. The van der Waals surface area contributed by atoms with E-state index in [4.69, 9.17) is 16.7 Å². The van der Waals surface area contributed by atoms with Crippen LogP contribution < -0.4 is 0 Å². The van der Waals surface area contributed by atoms with Crippen molar-refractivity contribution in [1.82, 2.24) is 0 Å². The molecule has 1 atom stereocenters. The van der Waals surface area contributed by atoms with Crippen LogP contribution in [0.2, 0.25) is 5.02 Å². The maximum atomic E-state index is 10.6. The zero-order valence-corrected chi connectivity index (χ0v) is 8.93. The van der Waals surface area contributed by atoms with Crippen LogP contribution in [0.3, 0.4) is 0 Å². The Morgan fingerprint density at radius 2 is 2.12 bits per heavy atom. The van der Waals surface area contributed by atoms with E-state index in [0.717, 1.165) is 6.07 Å². The molecule has 0 amide bonds. The summed E-state index contributed by atoms with van der Waals surface area (Å²) >= 11 is 5.67. The van der Waals surface area contributed by atoms with Crippen molar-refractivity contribution in [3.8, 4) is 0 Å². The molecule has 0 saturated carbocycles. The van der Waals surface area contributed by atoms with Crippen LogP contribution in [0.15, 0.2) is 12.1 Å². The predicted molar refractivity (Wildman–Crippen MR) is 55.4 cm³/mol. The van der Waals surface area contributed by atoms with Gasteiger partial charge in [0, 0.05) is 6.07 Å². The number of benzene rings is 1. The number of hydrogen-bond donors (Lipinski definition) is 2. The number of hydrogen-bond acceptors (Lipinski definition) is 4. The topological polar surface area (TPSA) is 101 Å². The Hall–Kier alpha value is -1.66. The van der Waals surface area contributed by atoms with E-state index >= 15 is 0 Å². The third kappa shape index (κ3) is 2.29. The summed E-state index contributed by atoms with van der Waals surface area (Å²) in [6.45, 7) is 1.49. The molecule has 16 heavy (non-hydrogen) atoms. The Morgan fingerprint density at radius 1 is 1.56 bits per heavy atom. The highest BCUT2D eigenvalue weighted by Crippen LogP contribution is 2.31. The highest BCUT2D eigenvalue weighted by atomic mass is 35.5. The molecule has 0 aliphatic carbocycles. The summed E-state index contributed by atoms with van der Waals surface area (Å²) in [6.07, 6.45) is -1.80. The zero-order chi connectivity index (χ0) is 12.5. The first-order valence-electron chi connectivity index (χ1n) is 4.20. The first-order chi connectivity index (χ1) is 7.34. The first kappa shape index (κ1) is 12.4. The minimum absolute atomic E-state index is 0.0636. The number of carbonyl (C=O) groups is 1. The molecule has 0 aliphatic rings. The lowest BCUT2D eigenvalue weighted by Crippen LogP contribution is -2.11. The van der Waals surface area contributed by atoms with Gasteiger partial charge in [0.05, 0.1) is 4.92 Å². The molecule has 86 valence electrons. The minimum Gasteiger partial charge on any atom is -0.479 e. The standard InChI is InChI=1S/C9H8ClNO5/c1-4-2-5(8(12)9(13)14)3-6(7(4)10)11(15)16/h2-3,8,12H,1H3,(H,13,14). The molecule has 0 bridgehead atoms. The number of rotatable bonds is 3. The Morgan fingerprint density at radius 3 is 2.56 bits per heavy atom. The molecule has 1 aromatic carbocycles. The predicted octanol–water partition coefficient (Wildman–Crippen LogP) is 1.67. The molecule has 0 aromatic heterocycles. The van der Waals surface area contributed by atoms with E-state index in [-0.39, 0.29) is 10.6 Å². The third-order valence-corrected chi connectivity index (χ3v) is 2.50. The van der Waals surface area contributed by atoms with Crippen LogP contribution >= 0.6 is 11.6 Å². The van der Waals surface area contributed by atoms with Crippen molar-refractivity contribution in [2.24, 2.45) is 0 Å². The molecule has 0 fully saturated rings. The van der Waals surface area contributed by atoms with Crippen molar-refractivity contribution < 1.29 is 19.9 Å². The van der Waals surface area contributed by atoms with Crippen LogP contribution in [0.1, 0.15) is 17.2 Å². The van der Waals surface area contributed by atoms with E-state index < -0.39 is 22.7 Å². The minimum atomic E-state index is -1.80. The summed E-state index contributed by atoms with van der Waals surface area (Å²) in [6, 6.07) is 2.25. The first-order valence-corrected chi connectivity index (χ1v) is 4.57. The molecule has 1 rings (SSSR count). The SMILES string of the molecule is Cc1cc(C(O)C(=O)O)cc([N+](=O)[O-])c1Cl. The van der Waals surface area contributed by atoms with E-state index in [1.54, 1.807) is 0 Å². The highest BCUT2D eigenvalue weighted by molar-refractivity contribution is 6.33. The van der Waals surface area contributed by atoms with Crippen molar-refractivity contribution >= 4 is 23.3 Å². The molecular weight excluding hydrogens is 238 g/mol. The number of aliphatic hydroxyl groups is 1. The van der Waals surface area contributed by atoms with Gasteiger partial charge in [0.2, 0.25) is 0 Å². The second-order valence-corrected chi connectivity index (χ2v) is 3.55. The fourth-order valence-electron chi connectivity index (χ4n) is 1.21. The second kappa shape index (κ2) is 4.46. The molecule has 1 aromatic rings. The van der Waals surface area contributed by atoms with Crippen LogP contribution in [0.25, 0.3) is 0 Å². The van der Waals surface area contributed by atoms with Gasteiger partial charge in [-0.05, 0) is 18.1 Å². The highest BCUT2D eigenvalue weighted by Gasteiger charge is 2.22. The fraction of sp³-hybridized carbons (Fsp3) is 0.222. The summed E-state index contributed by atoms with van der Waals surface area (Å²) in [4.78, 5) is 20.4. The summed E-state index contributed by atoms with van der Waals surface area (Å²) < 4.78 is 0. The zero-order valence-electron chi connectivity index (χ0n) is 8.18. The lowest BCUT2D eigenvalue weighted by atomic mass is 10.1. The molecule has 6 nitrogen and oxygen atoms in total. The molecule has 0 spiro atoms. The van der Waals surface area contributed by atoms with Crippen molar-refractivity contribution in [2.45, 2.75) is 13.0 Å². The number of carboxylic acid groups (broad SMARTS) is 1. The fourth-order valence-corrected chi connectivity index (χ4v) is 1.39. The van der Waals surface area contributed by atoms with E-state index in [0.29, 0.717) is 5.56 Å². The van der Waals surface area contributed by atoms with Crippen molar-refractivity contribution in [3.63, 3.8) is 0 Å². The molecule has 0 saturated heterocycles. The third-order valence-electron chi connectivity index (χ3n) is 2.00. The van der Waals surface area contributed by atoms with Gasteiger partial charge < -0.3 is 10.2 Å². The molecule has 0 aliphatic heterocycles. The Balaban J connectivity index is 3.34. The van der Waals surface area contributed by atoms with Gasteiger partial charge in [-0.25, -0.2) is 4.79 Å². The van der Waals surface area contributed by atoms with E-state index in [9.17, 15) is 20.0 Å². The lowest BCUT2D eigenvalue weighted by Gasteiger charge is -2.08. The number of carboxylic acids is 1. The van der Waals surface area contributed by atoms with Crippen LogP contribution in [0.4, 0.5) is 5.69 Å². The van der Waals surface area contributed by atoms with Crippen LogP contribution in [-0.4, -0.2) is 21.1 Å². The molecule has 7 heteroatoms. The van der Waals surface area contributed by atoms with Gasteiger partial charge >= 0.3 is 5.97 Å². The van der Waals surface area contributed by atoms with E-state index in [2.05, 4.69) is 0 Å². The smallest absolute Gasteiger partial charge is 0.337 e. The van der Waals surface area contributed by atoms with Crippen LogP contribution in [0, 0.1) is 17.0 Å². The number of aliphatic hydroxyl groups excluding tert-OH is 1. The van der Waals surface area contributed by atoms with Gasteiger partial charge in [0.1, 0.15) is 5.02 Å². The maximum Gasteiger partial charge on any atom is 0.337 e. The summed E-state index contributed by atoms with van der Waals surface area (Å²) in [5.41, 5.74) is -0.149. The van der Waals surface area contributed by atoms with Gasteiger partial charge in [-0.15, -0.1) is 0 Å². The lowest BCUT2D eigenvalue weighted by molar-refractivity contribution is -0.384. The van der Waals surface area contributed by atoms with Crippen molar-refractivity contribution in [1.29, 1.82) is 0 Å². The number of aliphatic carboxylic acids is 1. The average molecular weight is 246 g/mol. The average Bonchev–Trinajstić information content (AvgIpc) is 2.20. The Bertz CT molecular complexity index is 459. The second-order valence-electron chi connectivity index (χ2n) is 3.17. The monoisotopic (exact) mass is 245 g/mol. The molecule has 2 N–H and O–H groups in total. The van der Waals surface area contributed by atoms with Crippen molar-refractivity contribution in [3.05, 3.63) is 38.4 Å². The molecule has 0 radical (unpaired) electrons. The van der Waals surface area contributed by atoms with Gasteiger partial charge in [-0.3, -0.25) is 10.1 Å². The van der Waals surface area contributed by atoms with Gasteiger partial charge in [-0.1, -0.05) is 17.7 Å². The normalized spacial score (nSPS) is 12.2.